The average molecular weight is 354 g/mol. The zero-order valence-electron chi connectivity index (χ0n) is 13.3. The van der Waals surface area contributed by atoms with E-state index in [1.165, 1.54) is 0 Å². The molecule has 1 fully saturated rings. The van der Waals surface area contributed by atoms with E-state index >= 15 is 0 Å². The van der Waals surface area contributed by atoms with Gasteiger partial charge in [-0.05, 0) is 30.5 Å². The summed E-state index contributed by atoms with van der Waals surface area (Å²) in [6.07, 6.45) is 2.85. The van der Waals surface area contributed by atoms with Crippen molar-refractivity contribution in [2.45, 2.75) is 25.3 Å². The number of halogens is 1. The fraction of sp³-hybridized carbons (Fsp3) is 0.278. The molecular weight excluding hydrogens is 338 g/mol. The van der Waals surface area contributed by atoms with Gasteiger partial charge in [0.25, 0.3) is 0 Å². The summed E-state index contributed by atoms with van der Waals surface area (Å²) < 4.78 is 0. The largest absolute Gasteiger partial charge is 0.368 e. The molecule has 0 saturated heterocycles. The van der Waals surface area contributed by atoms with Gasteiger partial charge in [0, 0.05) is 23.6 Å². The van der Waals surface area contributed by atoms with Gasteiger partial charge < -0.3 is 16.4 Å². The van der Waals surface area contributed by atoms with E-state index in [9.17, 15) is 4.79 Å². The average Bonchev–Trinajstić information content (AvgIpc) is 3.35. The lowest BCUT2D eigenvalue weighted by Crippen LogP contribution is -2.37. The van der Waals surface area contributed by atoms with Crippen LogP contribution in [0.5, 0.6) is 0 Å². The molecule has 7 heteroatoms. The number of hydrogen-bond acceptors (Lipinski definition) is 4. The van der Waals surface area contributed by atoms with Gasteiger partial charge in [0.2, 0.25) is 5.95 Å². The Morgan fingerprint density at radius 3 is 2.84 bits per heavy atom. The third-order valence-electron chi connectivity index (χ3n) is 4.11. The molecule has 1 aliphatic heterocycles. The Hall–Kier alpha value is -2.78. The predicted molar refractivity (Wildman–Crippen MR) is 96.1 cm³/mol. The number of nitrogens with zero attached hydrogens (tertiary/aromatic N) is 2. The third kappa shape index (κ3) is 3.67. The maximum absolute atomic E-state index is 11.9. The van der Waals surface area contributed by atoms with Crippen LogP contribution in [0.1, 0.15) is 35.7 Å². The zero-order valence-corrected chi connectivity index (χ0v) is 14.1. The van der Waals surface area contributed by atoms with Gasteiger partial charge in [-0.1, -0.05) is 35.6 Å². The van der Waals surface area contributed by atoms with Gasteiger partial charge >= 0.3 is 6.03 Å². The number of urea groups is 1. The first kappa shape index (κ1) is 15.7. The molecule has 0 unspecified atom stereocenters. The Balaban J connectivity index is 1.61. The first-order valence-corrected chi connectivity index (χ1v) is 8.45. The number of carbonyl (C=O) groups excluding carboxylic acids is 1. The first-order valence-electron chi connectivity index (χ1n) is 8.07. The number of benzene rings is 1. The van der Waals surface area contributed by atoms with Crippen LogP contribution in [0.3, 0.4) is 0 Å². The lowest BCUT2D eigenvalue weighted by molar-refractivity contribution is 0.249. The standard InChI is InChI=1S/C18H16ClN5O/c19-16-9-12(21-17(20)24-16)7-11-3-5-13-14(6-4-10-1-2-10)22-18(25)23-15(13)8-11/h3,5,8-10,14H,1-2,7H2,(H2,20,21,24)(H2,22,23,25)/t14-/m0/s1. The molecule has 1 aromatic heterocycles. The van der Waals surface area contributed by atoms with Crippen LogP contribution >= 0.6 is 11.6 Å². The molecule has 0 radical (unpaired) electrons. The highest BCUT2D eigenvalue weighted by atomic mass is 35.5. The van der Waals surface area contributed by atoms with Crippen LogP contribution in [0, 0.1) is 17.8 Å². The molecule has 126 valence electrons. The van der Waals surface area contributed by atoms with Crippen LogP contribution in [0.4, 0.5) is 16.4 Å². The molecule has 2 aromatic rings. The number of carbonyl (C=O) groups is 1. The van der Waals surface area contributed by atoms with Crippen LogP contribution in [-0.2, 0) is 6.42 Å². The van der Waals surface area contributed by atoms with Gasteiger partial charge in [-0.3, -0.25) is 0 Å². The van der Waals surface area contributed by atoms with Crippen LogP contribution in [0.15, 0.2) is 24.3 Å². The second kappa shape index (κ2) is 6.26. The summed E-state index contributed by atoms with van der Waals surface area (Å²) in [6, 6.07) is 7.08. The number of hydrogen-bond donors (Lipinski definition) is 3. The smallest absolute Gasteiger partial charge is 0.320 e. The van der Waals surface area contributed by atoms with Crippen molar-refractivity contribution in [3.05, 3.63) is 46.2 Å². The number of rotatable bonds is 2. The van der Waals surface area contributed by atoms with Crippen LogP contribution in [0.25, 0.3) is 0 Å². The quantitative estimate of drug-likeness (QED) is 0.571. The molecular formula is C18H16ClN5O. The van der Waals surface area contributed by atoms with Crippen molar-refractivity contribution in [1.29, 1.82) is 0 Å². The number of aromatic nitrogens is 2. The topological polar surface area (TPSA) is 92.9 Å². The van der Waals surface area contributed by atoms with Gasteiger partial charge in [0.15, 0.2) is 0 Å². The molecule has 1 aromatic carbocycles. The second-order valence-electron chi connectivity index (χ2n) is 6.23. The van der Waals surface area contributed by atoms with Crippen molar-refractivity contribution in [3.8, 4) is 11.8 Å². The van der Waals surface area contributed by atoms with Gasteiger partial charge in [-0.15, -0.1) is 0 Å². The Morgan fingerprint density at radius 2 is 2.08 bits per heavy atom. The first-order chi connectivity index (χ1) is 12.1. The van der Waals surface area contributed by atoms with E-state index in [1.807, 2.05) is 18.2 Å². The van der Waals surface area contributed by atoms with Gasteiger partial charge in [0.05, 0.1) is 5.69 Å². The molecule has 4 N–H and O–H groups in total. The highest BCUT2D eigenvalue weighted by Crippen LogP contribution is 2.31. The zero-order chi connectivity index (χ0) is 17.4. The monoisotopic (exact) mass is 353 g/mol. The molecule has 0 bridgehead atoms. The van der Waals surface area contributed by atoms with E-state index < -0.39 is 0 Å². The van der Waals surface area contributed by atoms with Crippen molar-refractivity contribution in [2.75, 3.05) is 11.1 Å². The number of nitrogens with one attached hydrogen (secondary N) is 2. The summed E-state index contributed by atoms with van der Waals surface area (Å²) in [4.78, 5) is 20.0. The van der Waals surface area contributed by atoms with Crippen molar-refractivity contribution >= 4 is 29.3 Å². The molecule has 0 spiro atoms. The SMILES string of the molecule is Nc1nc(Cl)cc(Cc2ccc3c(c2)NC(=O)N[C@H]3C#CC2CC2)n1. The summed E-state index contributed by atoms with van der Waals surface area (Å²) in [7, 11) is 0. The molecule has 25 heavy (non-hydrogen) atoms. The van der Waals surface area contributed by atoms with Crippen molar-refractivity contribution in [2.24, 2.45) is 5.92 Å². The molecule has 2 heterocycles. The maximum Gasteiger partial charge on any atom is 0.320 e. The highest BCUT2D eigenvalue weighted by Gasteiger charge is 2.24. The van der Waals surface area contributed by atoms with Crippen molar-refractivity contribution in [3.63, 3.8) is 0 Å². The lowest BCUT2D eigenvalue weighted by atomic mass is 9.98. The highest BCUT2D eigenvalue weighted by molar-refractivity contribution is 6.29. The van der Waals surface area contributed by atoms with Crippen LogP contribution in [-0.4, -0.2) is 16.0 Å². The molecule has 2 aliphatic rings. The molecule has 2 amide bonds. The molecule has 6 nitrogen and oxygen atoms in total. The fourth-order valence-electron chi connectivity index (χ4n) is 2.77. The lowest BCUT2D eigenvalue weighted by Gasteiger charge is -2.24. The predicted octanol–water partition coefficient (Wildman–Crippen LogP) is 2.89. The van der Waals surface area contributed by atoms with Gasteiger partial charge in [-0.25, -0.2) is 14.8 Å². The van der Waals surface area contributed by atoms with E-state index in [-0.39, 0.29) is 18.0 Å². The Morgan fingerprint density at radius 1 is 1.24 bits per heavy atom. The third-order valence-corrected chi connectivity index (χ3v) is 4.31. The Labute approximate surface area is 150 Å². The van der Waals surface area contributed by atoms with E-state index in [0.717, 1.165) is 35.3 Å². The summed E-state index contributed by atoms with van der Waals surface area (Å²) in [5, 5.41) is 6.02. The number of anilines is 2. The molecule has 4 rings (SSSR count). The second-order valence-corrected chi connectivity index (χ2v) is 6.62. The van der Waals surface area contributed by atoms with E-state index in [0.29, 0.717) is 17.5 Å². The minimum Gasteiger partial charge on any atom is -0.368 e. The minimum atomic E-state index is -0.275. The van der Waals surface area contributed by atoms with Crippen molar-refractivity contribution < 1.29 is 4.79 Å². The normalized spacial score (nSPS) is 18.4. The van der Waals surface area contributed by atoms with Crippen LogP contribution in [0.2, 0.25) is 5.15 Å². The summed E-state index contributed by atoms with van der Waals surface area (Å²) >= 11 is 5.92. The number of fused-ring (bicyclic) bond motifs is 1. The Kier molecular flexibility index (Phi) is 3.94. The number of nitrogen functional groups attached to an aromatic ring is 1. The number of amides is 2. The van der Waals surface area contributed by atoms with Gasteiger partial charge in [-0.2, -0.15) is 0 Å². The van der Waals surface area contributed by atoms with E-state index in [2.05, 4.69) is 32.4 Å². The molecule has 1 aliphatic carbocycles. The van der Waals surface area contributed by atoms with Gasteiger partial charge in [0.1, 0.15) is 11.2 Å². The maximum atomic E-state index is 11.9. The van der Waals surface area contributed by atoms with Crippen LogP contribution < -0.4 is 16.4 Å². The molecule has 1 atom stereocenters. The summed E-state index contributed by atoms with van der Waals surface area (Å²) in [6.45, 7) is 0. The fourth-order valence-corrected chi connectivity index (χ4v) is 2.98. The van der Waals surface area contributed by atoms with E-state index in [4.69, 9.17) is 17.3 Å². The summed E-state index contributed by atoms with van der Waals surface area (Å²) in [5.74, 6) is 7.03. The minimum absolute atomic E-state index is 0.147. The van der Waals surface area contributed by atoms with Crippen molar-refractivity contribution in [1.82, 2.24) is 15.3 Å². The number of nitrogens with two attached hydrogens (primary N) is 1. The Bertz CT molecular complexity index is 893. The molecule has 1 saturated carbocycles. The van der Waals surface area contributed by atoms with E-state index in [1.54, 1.807) is 6.07 Å². The summed E-state index contributed by atoms with van der Waals surface area (Å²) in [5.41, 5.74) is 9.09.